The molecule has 0 saturated heterocycles. The first-order chi connectivity index (χ1) is 5.04. The minimum absolute atomic E-state index is 0. The SMILES string of the molecule is Br.Fc1cc(F)c(F)c(Br)c1F.[H-].[H-].[Mg+2]. The molecular formula is C6H4Br2F4Mg. The first-order valence-corrected chi connectivity index (χ1v) is 3.32. The standard InChI is InChI=1S/C6HBrF4.BrH.Mg.2H/c7-4-5(10)2(8)1-3(9)6(4)11;;;;/h1H;1H;;;/q;;+2;2*-1. The van der Waals surface area contributed by atoms with E-state index in [9.17, 15) is 17.6 Å². The molecule has 0 atom stereocenters. The molecule has 0 radical (unpaired) electrons. The van der Waals surface area contributed by atoms with Crippen molar-refractivity contribution in [2.45, 2.75) is 0 Å². The molecule has 0 heterocycles. The van der Waals surface area contributed by atoms with Gasteiger partial charge in [0, 0.05) is 6.07 Å². The smallest absolute Gasteiger partial charge is 1.00 e. The van der Waals surface area contributed by atoms with Crippen LogP contribution in [0.3, 0.4) is 0 Å². The van der Waals surface area contributed by atoms with Crippen molar-refractivity contribution in [3.05, 3.63) is 33.8 Å². The molecule has 0 aliphatic rings. The second-order valence-electron chi connectivity index (χ2n) is 1.78. The van der Waals surface area contributed by atoms with E-state index in [4.69, 9.17) is 0 Å². The summed E-state index contributed by atoms with van der Waals surface area (Å²) in [6.07, 6.45) is 0. The van der Waals surface area contributed by atoms with E-state index in [1.807, 2.05) is 0 Å². The van der Waals surface area contributed by atoms with Crippen LogP contribution >= 0.6 is 32.9 Å². The van der Waals surface area contributed by atoms with Gasteiger partial charge in [0.1, 0.15) is 0 Å². The van der Waals surface area contributed by atoms with Crippen LogP contribution in [0.5, 0.6) is 0 Å². The zero-order chi connectivity index (χ0) is 8.59. The zero-order valence-corrected chi connectivity index (χ0v) is 10.8. The molecule has 0 spiro atoms. The first kappa shape index (κ1) is 16.1. The third kappa shape index (κ3) is 3.37. The van der Waals surface area contributed by atoms with Gasteiger partial charge in [-0.1, -0.05) is 0 Å². The van der Waals surface area contributed by atoms with Crippen molar-refractivity contribution < 1.29 is 20.4 Å². The summed E-state index contributed by atoms with van der Waals surface area (Å²) < 4.78 is 48.3. The average Bonchev–Trinajstić information content (AvgIpc) is 1.97. The number of rotatable bonds is 0. The summed E-state index contributed by atoms with van der Waals surface area (Å²) in [5, 5.41) is 0. The molecule has 1 aromatic rings. The molecule has 0 aromatic heterocycles. The molecule has 0 amide bonds. The summed E-state index contributed by atoms with van der Waals surface area (Å²) in [5.41, 5.74) is 0. The zero-order valence-electron chi connectivity index (χ0n) is 8.08. The molecule has 1 rings (SSSR count). The molecule has 0 nitrogen and oxygen atoms in total. The van der Waals surface area contributed by atoms with Crippen LogP contribution in [0.25, 0.3) is 0 Å². The summed E-state index contributed by atoms with van der Waals surface area (Å²) in [4.78, 5) is 0. The maximum absolute atomic E-state index is 12.3. The molecule has 0 fully saturated rings. The van der Waals surface area contributed by atoms with Crippen LogP contribution < -0.4 is 0 Å². The van der Waals surface area contributed by atoms with Crippen LogP contribution in [0, 0.1) is 23.3 Å². The number of hydrogen-bond donors (Lipinski definition) is 0. The predicted molar refractivity (Wildman–Crippen MR) is 52.3 cm³/mol. The molecule has 0 N–H and O–H groups in total. The van der Waals surface area contributed by atoms with Gasteiger partial charge in [0.2, 0.25) is 0 Å². The molecule has 0 aliphatic carbocycles. The van der Waals surface area contributed by atoms with Crippen LogP contribution in [0.1, 0.15) is 2.85 Å². The second-order valence-corrected chi connectivity index (χ2v) is 2.58. The van der Waals surface area contributed by atoms with Gasteiger partial charge < -0.3 is 2.85 Å². The van der Waals surface area contributed by atoms with Crippen molar-refractivity contribution in [1.29, 1.82) is 0 Å². The molecule has 13 heavy (non-hydrogen) atoms. The van der Waals surface area contributed by atoms with Gasteiger partial charge >= 0.3 is 23.1 Å². The topological polar surface area (TPSA) is 0 Å². The summed E-state index contributed by atoms with van der Waals surface area (Å²) in [6.45, 7) is 0. The Bertz CT molecular complexity index is 287. The summed E-state index contributed by atoms with van der Waals surface area (Å²) in [6, 6.07) is 0.148. The minimum atomic E-state index is -1.43. The fraction of sp³-hybridized carbons (Fsp3) is 0. The fourth-order valence-electron chi connectivity index (χ4n) is 0.544. The van der Waals surface area contributed by atoms with E-state index < -0.39 is 27.7 Å². The van der Waals surface area contributed by atoms with E-state index in [1.165, 1.54) is 0 Å². The third-order valence-corrected chi connectivity index (χ3v) is 1.75. The summed E-state index contributed by atoms with van der Waals surface area (Å²) in [5.74, 6) is -5.70. The van der Waals surface area contributed by atoms with Gasteiger partial charge in [0.05, 0.1) is 4.47 Å². The van der Waals surface area contributed by atoms with E-state index in [1.54, 1.807) is 0 Å². The number of halogens is 6. The summed E-state index contributed by atoms with van der Waals surface area (Å²) >= 11 is 2.35. The predicted octanol–water partition coefficient (Wildman–Crippen LogP) is 3.43. The van der Waals surface area contributed by atoms with E-state index in [2.05, 4.69) is 15.9 Å². The van der Waals surface area contributed by atoms with Crippen LogP contribution in [0.2, 0.25) is 0 Å². The fourth-order valence-corrected chi connectivity index (χ4v) is 0.923. The summed E-state index contributed by atoms with van der Waals surface area (Å²) in [7, 11) is 0. The van der Waals surface area contributed by atoms with Gasteiger partial charge in [-0.15, -0.1) is 17.0 Å². The van der Waals surface area contributed by atoms with E-state index in [0.29, 0.717) is 0 Å². The Kier molecular flexibility index (Phi) is 7.69. The molecule has 1 aromatic carbocycles. The van der Waals surface area contributed by atoms with Crippen LogP contribution in [0.15, 0.2) is 10.5 Å². The minimum Gasteiger partial charge on any atom is -1.00 e. The van der Waals surface area contributed by atoms with E-state index in [-0.39, 0.29) is 49.0 Å². The van der Waals surface area contributed by atoms with Crippen molar-refractivity contribution in [3.63, 3.8) is 0 Å². The van der Waals surface area contributed by atoms with Gasteiger partial charge in [-0.25, -0.2) is 17.6 Å². The Morgan fingerprint density at radius 3 is 1.62 bits per heavy atom. The average molecular weight is 336 g/mol. The van der Waals surface area contributed by atoms with Crippen molar-refractivity contribution in [2.75, 3.05) is 0 Å². The maximum Gasteiger partial charge on any atom is 2.00 e. The van der Waals surface area contributed by atoms with Crippen molar-refractivity contribution in [1.82, 2.24) is 0 Å². The number of hydrogen-bond acceptors (Lipinski definition) is 0. The van der Waals surface area contributed by atoms with Gasteiger partial charge in [0.15, 0.2) is 23.3 Å². The monoisotopic (exact) mass is 334 g/mol. The largest absolute Gasteiger partial charge is 2.00 e. The molecule has 72 valence electrons. The maximum atomic E-state index is 12.3. The van der Waals surface area contributed by atoms with E-state index >= 15 is 0 Å². The van der Waals surface area contributed by atoms with Crippen LogP contribution in [0.4, 0.5) is 17.6 Å². The number of benzene rings is 1. The van der Waals surface area contributed by atoms with Gasteiger partial charge in [0.25, 0.3) is 0 Å². The Hall–Kier alpha value is 0.666. The van der Waals surface area contributed by atoms with Gasteiger partial charge in [-0.05, 0) is 15.9 Å². The van der Waals surface area contributed by atoms with Gasteiger partial charge in [-0.3, -0.25) is 0 Å². The molecule has 7 heteroatoms. The first-order valence-electron chi connectivity index (χ1n) is 2.52. The van der Waals surface area contributed by atoms with E-state index in [0.717, 1.165) is 0 Å². The third-order valence-electron chi connectivity index (χ3n) is 1.06. The molecule has 0 bridgehead atoms. The van der Waals surface area contributed by atoms with Gasteiger partial charge in [-0.2, -0.15) is 0 Å². The molecule has 0 saturated carbocycles. The Morgan fingerprint density at radius 2 is 1.31 bits per heavy atom. The van der Waals surface area contributed by atoms with Crippen molar-refractivity contribution in [3.8, 4) is 0 Å². The van der Waals surface area contributed by atoms with Crippen LogP contribution in [-0.2, 0) is 0 Å². The van der Waals surface area contributed by atoms with Crippen molar-refractivity contribution in [2.24, 2.45) is 0 Å². The van der Waals surface area contributed by atoms with Crippen LogP contribution in [-0.4, -0.2) is 23.1 Å². The second kappa shape index (κ2) is 6.21. The molecule has 0 unspecified atom stereocenters. The Labute approximate surface area is 110 Å². The normalized spacial score (nSPS) is 8.69. The molecular weight excluding hydrogens is 332 g/mol. The molecule has 0 aliphatic heterocycles. The Morgan fingerprint density at radius 1 is 1.00 bits per heavy atom. The van der Waals surface area contributed by atoms with Crippen molar-refractivity contribution >= 4 is 56.0 Å². The quantitative estimate of drug-likeness (QED) is 0.295. The Balaban J connectivity index is -0.000000151.